The molecule has 0 aliphatic heterocycles. The number of aryl methyl sites for hydroxylation is 1. The molecule has 0 heterocycles. The Morgan fingerprint density at radius 1 is 0.679 bits per heavy atom. The Labute approximate surface area is 176 Å². The third-order valence-electron chi connectivity index (χ3n) is 4.97. The maximum Gasteiger partial charge on any atom is 0.115 e. The Kier molecular flexibility index (Phi) is 11.6. The molecule has 0 aromatic heterocycles. The molecule has 2 rings (SSSR count). The number of hydrogen-bond acceptors (Lipinski definition) is 2. The molecule has 0 aliphatic rings. The van der Waals surface area contributed by atoms with E-state index in [9.17, 15) is 5.11 Å². The summed E-state index contributed by atoms with van der Waals surface area (Å²) in [6.45, 7) is 2.27. The van der Waals surface area contributed by atoms with Crippen LogP contribution in [0.5, 0.6) is 5.75 Å². The van der Waals surface area contributed by atoms with Crippen molar-refractivity contribution in [1.82, 2.24) is 0 Å². The Hall–Kier alpha value is -1.67. The van der Waals surface area contributed by atoms with E-state index in [1.165, 1.54) is 74.7 Å². The SMILES string of the molecule is CCCCCCCC/C=C/CCCCc1ccc(Sc2ccc(O)cc2)cc1. The molecule has 28 heavy (non-hydrogen) atoms. The van der Waals surface area contributed by atoms with E-state index in [-0.39, 0.29) is 0 Å². The van der Waals surface area contributed by atoms with Crippen LogP contribution in [0.1, 0.15) is 76.7 Å². The van der Waals surface area contributed by atoms with Crippen LogP contribution < -0.4 is 0 Å². The van der Waals surface area contributed by atoms with Crippen molar-refractivity contribution in [1.29, 1.82) is 0 Å². The molecular formula is C26H36OS. The van der Waals surface area contributed by atoms with Crippen LogP contribution in [0, 0.1) is 0 Å². The van der Waals surface area contributed by atoms with Crippen molar-refractivity contribution in [3.8, 4) is 5.75 Å². The van der Waals surface area contributed by atoms with Gasteiger partial charge in [0.1, 0.15) is 5.75 Å². The maximum atomic E-state index is 9.36. The topological polar surface area (TPSA) is 20.2 Å². The van der Waals surface area contributed by atoms with Crippen LogP contribution in [0.2, 0.25) is 0 Å². The zero-order chi connectivity index (χ0) is 19.9. The third kappa shape index (κ3) is 10.0. The summed E-state index contributed by atoms with van der Waals surface area (Å²) >= 11 is 1.73. The summed E-state index contributed by atoms with van der Waals surface area (Å²) < 4.78 is 0. The van der Waals surface area contributed by atoms with Gasteiger partial charge in [-0.1, -0.05) is 75.1 Å². The van der Waals surface area contributed by atoms with Crippen molar-refractivity contribution < 1.29 is 5.11 Å². The van der Waals surface area contributed by atoms with E-state index in [4.69, 9.17) is 0 Å². The maximum absolute atomic E-state index is 9.36. The quantitative estimate of drug-likeness (QED) is 0.255. The highest BCUT2D eigenvalue weighted by atomic mass is 32.2. The monoisotopic (exact) mass is 396 g/mol. The lowest BCUT2D eigenvalue weighted by atomic mass is 10.1. The van der Waals surface area contributed by atoms with Gasteiger partial charge in [-0.15, -0.1) is 0 Å². The first-order valence-electron chi connectivity index (χ1n) is 11.0. The molecule has 1 nitrogen and oxygen atoms in total. The summed E-state index contributed by atoms with van der Waals surface area (Å²) in [7, 11) is 0. The average molecular weight is 397 g/mol. The fraction of sp³-hybridized carbons (Fsp3) is 0.462. The summed E-state index contributed by atoms with van der Waals surface area (Å²) in [5.74, 6) is 0.317. The summed E-state index contributed by atoms with van der Waals surface area (Å²) in [6, 6.07) is 16.3. The normalized spacial score (nSPS) is 11.3. The first kappa shape index (κ1) is 22.6. The van der Waals surface area contributed by atoms with Gasteiger partial charge in [0, 0.05) is 9.79 Å². The molecule has 0 bridgehead atoms. The van der Waals surface area contributed by atoms with Crippen molar-refractivity contribution >= 4 is 11.8 Å². The molecule has 2 heteroatoms. The second kappa shape index (κ2) is 14.3. The van der Waals surface area contributed by atoms with Crippen LogP contribution in [-0.4, -0.2) is 5.11 Å². The lowest BCUT2D eigenvalue weighted by molar-refractivity contribution is 0.475. The molecule has 0 fully saturated rings. The van der Waals surface area contributed by atoms with Gasteiger partial charge < -0.3 is 5.11 Å². The van der Waals surface area contributed by atoms with E-state index < -0.39 is 0 Å². The molecule has 152 valence electrons. The van der Waals surface area contributed by atoms with Crippen LogP contribution in [0.25, 0.3) is 0 Å². The van der Waals surface area contributed by atoms with Crippen molar-refractivity contribution in [2.75, 3.05) is 0 Å². The van der Waals surface area contributed by atoms with Gasteiger partial charge in [-0.05, 0) is 80.5 Å². The van der Waals surface area contributed by atoms with Crippen LogP contribution in [0.4, 0.5) is 0 Å². The van der Waals surface area contributed by atoms with Crippen molar-refractivity contribution in [3.63, 3.8) is 0 Å². The Morgan fingerprint density at radius 2 is 1.21 bits per heavy atom. The van der Waals surface area contributed by atoms with Crippen molar-refractivity contribution in [3.05, 3.63) is 66.2 Å². The lowest BCUT2D eigenvalue weighted by Crippen LogP contribution is -1.85. The minimum Gasteiger partial charge on any atom is -0.508 e. The second-order valence-corrected chi connectivity index (χ2v) is 8.66. The Balaban J connectivity index is 1.53. The second-order valence-electron chi connectivity index (χ2n) is 7.51. The predicted octanol–water partition coefficient (Wildman–Crippen LogP) is 8.56. The highest BCUT2D eigenvalue weighted by molar-refractivity contribution is 7.99. The molecule has 2 aromatic rings. The molecule has 2 aromatic carbocycles. The van der Waals surface area contributed by atoms with Gasteiger partial charge in [0.2, 0.25) is 0 Å². The van der Waals surface area contributed by atoms with E-state index >= 15 is 0 Å². The molecule has 0 aliphatic carbocycles. The van der Waals surface area contributed by atoms with E-state index in [0.29, 0.717) is 5.75 Å². The van der Waals surface area contributed by atoms with E-state index in [1.807, 2.05) is 12.1 Å². The van der Waals surface area contributed by atoms with Crippen LogP contribution >= 0.6 is 11.8 Å². The minimum absolute atomic E-state index is 0.317. The number of allylic oxidation sites excluding steroid dienone is 2. The summed E-state index contributed by atoms with van der Waals surface area (Å²) in [4.78, 5) is 2.39. The number of rotatable bonds is 14. The molecule has 0 saturated carbocycles. The number of benzene rings is 2. The fourth-order valence-electron chi connectivity index (χ4n) is 3.24. The number of phenolic OH excluding ortho intramolecular Hbond substituents is 1. The predicted molar refractivity (Wildman–Crippen MR) is 123 cm³/mol. The van der Waals surface area contributed by atoms with E-state index in [1.54, 1.807) is 23.9 Å². The number of aromatic hydroxyl groups is 1. The largest absolute Gasteiger partial charge is 0.508 e. The summed E-state index contributed by atoms with van der Waals surface area (Å²) in [5, 5.41) is 9.36. The molecule has 0 atom stereocenters. The summed E-state index contributed by atoms with van der Waals surface area (Å²) in [6.07, 6.45) is 19.2. The van der Waals surface area contributed by atoms with Gasteiger partial charge in [-0.25, -0.2) is 0 Å². The Morgan fingerprint density at radius 3 is 1.86 bits per heavy atom. The Bertz CT molecular complexity index is 658. The fourth-order valence-corrected chi connectivity index (χ4v) is 4.06. The summed E-state index contributed by atoms with van der Waals surface area (Å²) in [5.41, 5.74) is 1.42. The van der Waals surface area contributed by atoms with Crippen molar-refractivity contribution in [2.45, 2.75) is 87.3 Å². The number of unbranched alkanes of at least 4 members (excludes halogenated alkanes) is 8. The standard InChI is InChI=1S/C26H36OS/c1-2-3-4-5-6-7-8-9-10-11-12-13-14-23-15-19-25(20-16-23)28-26-21-17-24(27)18-22-26/h9-10,15-22,27H,2-8,11-14H2,1H3/b10-9+. The van der Waals surface area contributed by atoms with Gasteiger partial charge >= 0.3 is 0 Å². The van der Waals surface area contributed by atoms with Crippen LogP contribution in [0.15, 0.2) is 70.5 Å². The van der Waals surface area contributed by atoms with Gasteiger partial charge in [0.05, 0.1) is 0 Å². The zero-order valence-corrected chi connectivity index (χ0v) is 18.2. The zero-order valence-electron chi connectivity index (χ0n) is 17.4. The molecule has 1 N–H and O–H groups in total. The first-order chi connectivity index (χ1) is 13.8. The van der Waals surface area contributed by atoms with Crippen molar-refractivity contribution in [2.24, 2.45) is 0 Å². The number of phenols is 1. The van der Waals surface area contributed by atoms with Gasteiger partial charge in [-0.2, -0.15) is 0 Å². The highest BCUT2D eigenvalue weighted by Gasteiger charge is 1.99. The van der Waals surface area contributed by atoms with Gasteiger partial charge in [-0.3, -0.25) is 0 Å². The van der Waals surface area contributed by atoms with E-state index in [0.717, 1.165) is 11.3 Å². The molecule has 0 amide bonds. The molecule has 0 unspecified atom stereocenters. The molecule has 0 saturated heterocycles. The van der Waals surface area contributed by atoms with Crippen LogP contribution in [0.3, 0.4) is 0 Å². The average Bonchev–Trinajstić information content (AvgIpc) is 2.72. The first-order valence-corrected chi connectivity index (χ1v) is 11.8. The van der Waals surface area contributed by atoms with Gasteiger partial charge in [0.15, 0.2) is 0 Å². The molecular weight excluding hydrogens is 360 g/mol. The molecule has 0 radical (unpaired) electrons. The lowest BCUT2D eigenvalue weighted by Gasteiger charge is -2.04. The minimum atomic E-state index is 0.317. The van der Waals surface area contributed by atoms with Gasteiger partial charge in [0.25, 0.3) is 0 Å². The third-order valence-corrected chi connectivity index (χ3v) is 5.99. The highest BCUT2D eigenvalue weighted by Crippen LogP contribution is 2.29. The van der Waals surface area contributed by atoms with E-state index in [2.05, 4.69) is 43.3 Å². The number of hydrogen-bond donors (Lipinski definition) is 1. The smallest absolute Gasteiger partial charge is 0.115 e. The molecule has 0 spiro atoms. The van der Waals surface area contributed by atoms with Crippen LogP contribution in [-0.2, 0) is 6.42 Å².